The van der Waals surface area contributed by atoms with E-state index < -0.39 is 6.04 Å². The number of aliphatic hydroxyl groups excluding tert-OH is 1. The van der Waals surface area contributed by atoms with Crippen molar-refractivity contribution in [1.29, 1.82) is 0 Å². The Morgan fingerprint density at radius 2 is 1.56 bits per heavy atom. The van der Waals surface area contributed by atoms with Gasteiger partial charge in [0, 0.05) is 18.2 Å². The van der Waals surface area contributed by atoms with Crippen molar-refractivity contribution >= 4 is 23.5 Å². The average Bonchev–Trinajstić information content (AvgIpc) is 3.20. The summed E-state index contributed by atoms with van der Waals surface area (Å²) in [6.45, 7) is -0.358. The normalized spacial score (nSPS) is 11.6. The highest BCUT2D eigenvalue weighted by Crippen LogP contribution is 2.21. The molecule has 2 N–H and O–H groups in total. The van der Waals surface area contributed by atoms with E-state index in [0.717, 1.165) is 0 Å². The second-order valence-electron chi connectivity index (χ2n) is 6.78. The second kappa shape index (κ2) is 10.8. The summed E-state index contributed by atoms with van der Waals surface area (Å²) in [4.78, 5) is 25.0. The topological polar surface area (TPSA) is 116 Å². The fourth-order valence-electron chi connectivity index (χ4n) is 2.92. The highest BCUT2D eigenvalue weighted by Gasteiger charge is 2.22. The van der Waals surface area contributed by atoms with Crippen LogP contribution in [0.25, 0.3) is 0 Å². The zero-order valence-corrected chi connectivity index (χ0v) is 18.8. The Bertz CT molecular complexity index is 1070. The number of benzene rings is 2. The molecule has 0 aliphatic carbocycles. The molecule has 3 rings (SSSR count). The van der Waals surface area contributed by atoms with Crippen LogP contribution in [-0.4, -0.2) is 58.1 Å². The van der Waals surface area contributed by atoms with Crippen LogP contribution in [0.1, 0.15) is 32.6 Å². The number of nitrogens with zero attached hydrogens (tertiary/aromatic N) is 3. The molecule has 0 aliphatic heterocycles. The summed E-state index contributed by atoms with van der Waals surface area (Å²) in [5.41, 5.74) is 0.992. The molecule has 0 unspecified atom stereocenters. The Hall–Kier alpha value is -3.37. The number of carbonyl (C=O) groups excluding carboxylic acids is 2. The Kier molecular flexibility index (Phi) is 7.85. The highest BCUT2D eigenvalue weighted by atomic mass is 32.2. The van der Waals surface area contributed by atoms with Crippen molar-refractivity contribution in [2.75, 3.05) is 26.6 Å². The number of aromatic nitrogens is 3. The number of hydrogen-bond acceptors (Lipinski definition) is 8. The van der Waals surface area contributed by atoms with Crippen molar-refractivity contribution in [3.63, 3.8) is 0 Å². The molecule has 10 heteroatoms. The number of nitrogens with one attached hydrogen (secondary N) is 1. The number of amides is 1. The van der Waals surface area contributed by atoms with E-state index in [4.69, 9.17) is 9.47 Å². The van der Waals surface area contributed by atoms with Gasteiger partial charge in [-0.2, -0.15) is 0 Å². The maximum Gasteiger partial charge on any atom is 0.251 e. The molecule has 32 heavy (non-hydrogen) atoms. The number of hydrogen-bond donors (Lipinski definition) is 2. The van der Waals surface area contributed by atoms with Gasteiger partial charge in [0.1, 0.15) is 17.5 Å². The lowest BCUT2D eigenvalue weighted by molar-refractivity contribution is 0.0911. The zero-order valence-electron chi connectivity index (χ0n) is 17.9. The van der Waals surface area contributed by atoms with Crippen molar-refractivity contribution in [1.82, 2.24) is 20.1 Å². The first-order valence-corrected chi connectivity index (χ1v) is 10.7. The Labute approximate surface area is 189 Å². The molecule has 1 amide bonds. The van der Waals surface area contributed by atoms with Crippen LogP contribution in [0.15, 0.2) is 53.7 Å². The minimum absolute atomic E-state index is 0.0614. The summed E-state index contributed by atoms with van der Waals surface area (Å²) in [7, 11) is 4.83. The van der Waals surface area contributed by atoms with Crippen molar-refractivity contribution in [3.8, 4) is 11.5 Å². The molecular weight excluding hydrogens is 432 g/mol. The molecule has 2 aromatic carbocycles. The number of methoxy groups -OCH3 is 2. The zero-order chi connectivity index (χ0) is 23.1. The molecule has 0 fully saturated rings. The fourth-order valence-corrected chi connectivity index (χ4v) is 3.73. The van der Waals surface area contributed by atoms with Crippen LogP contribution < -0.4 is 14.8 Å². The summed E-state index contributed by atoms with van der Waals surface area (Å²) < 4.78 is 11.8. The number of rotatable bonds is 10. The van der Waals surface area contributed by atoms with Gasteiger partial charge in [0.2, 0.25) is 0 Å². The fraction of sp³-hybridized carbons (Fsp3) is 0.273. The maximum absolute atomic E-state index is 12.5. The predicted molar refractivity (Wildman–Crippen MR) is 119 cm³/mol. The summed E-state index contributed by atoms with van der Waals surface area (Å²) >= 11 is 1.23. The lowest BCUT2D eigenvalue weighted by Crippen LogP contribution is -2.32. The first-order chi connectivity index (χ1) is 15.5. The summed E-state index contributed by atoms with van der Waals surface area (Å²) in [6, 6.07) is 12.7. The van der Waals surface area contributed by atoms with Crippen LogP contribution in [0.5, 0.6) is 11.5 Å². The van der Waals surface area contributed by atoms with Crippen LogP contribution in [0.4, 0.5) is 0 Å². The molecule has 9 nitrogen and oxygen atoms in total. The van der Waals surface area contributed by atoms with Gasteiger partial charge in [0.05, 0.1) is 26.6 Å². The molecule has 0 radical (unpaired) electrons. The predicted octanol–water partition coefficient (Wildman–Crippen LogP) is 2.27. The van der Waals surface area contributed by atoms with E-state index in [2.05, 4.69) is 15.5 Å². The Balaban J connectivity index is 1.64. The molecule has 0 spiro atoms. The summed E-state index contributed by atoms with van der Waals surface area (Å²) in [5.74, 6) is 1.44. The largest absolute Gasteiger partial charge is 0.497 e. The van der Waals surface area contributed by atoms with Gasteiger partial charge >= 0.3 is 0 Å². The maximum atomic E-state index is 12.5. The minimum Gasteiger partial charge on any atom is -0.497 e. The molecule has 1 atom stereocenters. The Morgan fingerprint density at radius 1 is 1.00 bits per heavy atom. The third-order valence-electron chi connectivity index (χ3n) is 4.76. The van der Waals surface area contributed by atoms with Crippen molar-refractivity contribution in [2.45, 2.75) is 11.2 Å². The van der Waals surface area contributed by atoms with Crippen LogP contribution in [-0.2, 0) is 7.05 Å². The van der Waals surface area contributed by atoms with Gasteiger partial charge in [-0.15, -0.1) is 10.2 Å². The molecule has 0 saturated carbocycles. The average molecular weight is 457 g/mol. The van der Waals surface area contributed by atoms with Gasteiger partial charge in [-0.1, -0.05) is 11.8 Å². The van der Waals surface area contributed by atoms with E-state index in [1.807, 2.05) is 0 Å². The number of ketones is 1. The molecule has 3 aromatic rings. The molecule has 0 saturated heterocycles. The van der Waals surface area contributed by atoms with E-state index in [1.165, 1.54) is 11.8 Å². The summed E-state index contributed by atoms with van der Waals surface area (Å²) in [6.07, 6.45) is 0. The third-order valence-corrected chi connectivity index (χ3v) is 5.78. The molecule has 0 aliphatic rings. The molecule has 168 valence electrons. The number of carbonyl (C=O) groups is 2. The van der Waals surface area contributed by atoms with E-state index in [0.29, 0.717) is 33.6 Å². The standard InChI is InChI=1S/C22H24N4O5S/c1-26-20(18(12-27)23-21(29)15-6-10-17(31-3)11-7-15)24-25-22(26)32-13-19(28)14-4-8-16(30-2)9-5-14/h4-11,18,27H,12-13H2,1-3H3,(H,23,29)/t18-/m1/s1. The molecule has 0 bridgehead atoms. The van der Waals surface area contributed by atoms with Crippen LogP contribution in [0, 0.1) is 0 Å². The van der Waals surface area contributed by atoms with Gasteiger partial charge in [-0.25, -0.2) is 0 Å². The summed E-state index contributed by atoms with van der Waals surface area (Å²) in [5, 5.41) is 21.3. The number of Topliss-reactive ketones (excluding diaryl/α,β-unsaturated/α-hetero) is 1. The van der Waals surface area contributed by atoms with Crippen LogP contribution in [0.3, 0.4) is 0 Å². The third kappa shape index (κ3) is 5.45. The minimum atomic E-state index is -0.756. The monoisotopic (exact) mass is 456 g/mol. The number of ether oxygens (including phenoxy) is 2. The second-order valence-corrected chi connectivity index (χ2v) is 7.72. The smallest absolute Gasteiger partial charge is 0.251 e. The van der Waals surface area contributed by atoms with Gasteiger partial charge in [0.15, 0.2) is 16.8 Å². The highest BCUT2D eigenvalue weighted by molar-refractivity contribution is 7.99. The van der Waals surface area contributed by atoms with Gasteiger partial charge in [0.25, 0.3) is 5.91 Å². The van der Waals surface area contributed by atoms with Gasteiger partial charge < -0.3 is 24.5 Å². The SMILES string of the molecule is COc1ccc(C(=O)CSc2nnc([C@@H](CO)NC(=O)c3ccc(OC)cc3)n2C)cc1. The van der Waals surface area contributed by atoms with E-state index >= 15 is 0 Å². The molecular formula is C22H24N4O5S. The van der Waals surface area contributed by atoms with E-state index in [1.54, 1.807) is 74.4 Å². The number of aliphatic hydroxyl groups is 1. The first-order valence-electron chi connectivity index (χ1n) is 9.72. The van der Waals surface area contributed by atoms with E-state index in [9.17, 15) is 14.7 Å². The van der Waals surface area contributed by atoms with Crippen LogP contribution >= 0.6 is 11.8 Å². The van der Waals surface area contributed by atoms with Crippen molar-refractivity contribution in [2.24, 2.45) is 7.05 Å². The number of thioether (sulfide) groups is 1. The first kappa shape index (κ1) is 23.3. The van der Waals surface area contributed by atoms with Gasteiger partial charge in [-0.05, 0) is 48.5 Å². The van der Waals surface area contributed by atoms with Crippen LogP contribution in [0.2, 0.25) is 0 Å². The van der Waals surface area contributed by atoms with Crippen molar-refractivity contribution in [3.05, 3.63) is 65.5 Å². The van der Waals surface area contributed by atoms with Gasteiger partial charge in [-0.3, -0.25) is 9.59 Å². The lowest BCUT2D eigenvalue weighted by Gasteiger charge is -2.16. The lowest BCUT2D eigenvalue weighted by atomic mass is 10.1. The molecule has 1 heterocycles. The Morgan fingerprint density at radius 3 is 2.09 bits per heavy atom. The van der Waals surface area contributed by atoms with Crippen molar-refractivity contribution < 1.29 is 24.2 Å². The molecule has 1 aromatic heterocycles. The van der Waals surface area contributed by atoms with E-state index in [-0.39, 0.29) is 24.1 Å². The quantitative estimate of drug-likeness (QED) is 0.353.